The lowest BCUT2D eigenvalue weighted by Gasteiger charge is -2.22. The molecular weight excluding hydrogens is 218 g/mol. The summed E-state index contributed by atoms with van der Waals surface area (Å²) in [5, 5.41) is 0. The molecule has 0 spiro atoms. The Morgan fingerprint density at radius 1 is 1.27 bits per heavy atom. The predicted molar refractivity (Wildman–Crippen MR) is 57.0 cm³/mol. The summed E-state index contributed by atoms with van der Waals surface area (Å²) in [5.74, 6) is 0.248. The van der Waals surface area contributed by atoms with Crippen molar-refractivity contribution >= 4 is 10.0 Å². The lowest BCUT2D eigenvalue weighted by atomic mass is 10.4. The molecule has 0 saturated carbocycles. The number of sulfonamides is 1. The van der Waals surface area contributed by atoms with Crippen LogP contribution in [-0.4, -0.2) is 51.1 Å². The summed E-state index contributed by atoms with van der Waals surface area (Å²) >= 11 is 0. The van der Waals surface area contributed by atoms with E-state index in [2.05, 4.69) is 0 Å². The van der Waals surface area contributed by atoms with Crippen LogP contribution in [0.1, 0.15) is 20.3 Å². The Bertz CT molecular complexity index is 272. The average molecular weight is 237 g/mol. The van der Waals surface area contributed by atoms with E-state index in [1.54, 1.807) is 0 Å². The van der Waals surface area contributed by atoms with Crippen molar-refractivity contribution in [2.24, 2.45) is 0 Å². The van der Waals surface area contributed by atoms with Gasteiger partial charge >= 0.3 is 0 Å². The molecular formula is C9H19NO4S. The van der Waals surface area contributed by atoms with Gasteiger partial charge in [-0.3, -0.25) is 0 Å². The number of hydrogen-bond donors (Lipinski definition) is 0. The molecule has 0 amide bonds. The molecule has 0 unspecified atom stereocenters. The zero-order valence-corrected chi connectivity index (χ0v) is 10.1. The average Bonchev–Trinajstić information content (AvgIpc) is 2.47. The maximum atomic E-state index is 11.5. The third-order valence-corrected chi connectivity index (χ3v) is 4.18. The molecule has 1 aliphatic heterocycles. The normalized spacial score (nSPS) is 21.3. The standard InChI is InChI=1S/C9H19NO4S/c1-3-13-9(14-4-2)8-10-6-5-7-15(10,11)12/h9H,3-8H2,1-2H3. The molecule has 0 aromatic carbocycles. The van der Waals surface area contributed by atoms with Gasteiger partial charge in [0.25, 0.3) is 0 Å². The maximum Gasteiger partial charge on any atom is 0.214 e. The topological polar surface area (TPSA) is 55.8 Å². The number of ether oxygens (including phenoxy) is 2. The van der Waals surface area contributed by atoms with Crippen LogP contribution in [-0.2, 0) is 19.5 Å². The minimum Gasteiger partial charge on any atom is -0.352 e. The summed E-state index contributed by atoms with van der Waals surface area (Å²) in [5.41, 5.74) is 0. The summed E-state index contributed by atoms with van der Waals surface area (Å²) in [7, 11) is -3.05. The van der Waals surface area contributed by atoms with Crippen molar-refractivity contribution in [2.75, 3.05) is 32.1 Å². The molecule has 0 aromatic rings. The molecule has 15 heavy (non-hydrogen) atoms. The van der Waals surface area contributed by atoms with E-state index in [4.69, 9.17) is 9.47 Å². The Morgan fingerprint density at radius 2 is 1.87 bits per heavy atom. The van der Waals surface area contributed by atoms with Gasteiger partial charge in [-0.2, -0.15) is 4.31 Å². The van der Waals surface area contributed by atoms with Crippen molar-refractivity contribution in [1.82, 2.24) is 4.31 Å². The van der Waals surface area contributed by atoms with Gasteiger partial charge in [0.05, 0.1) is 12.3 Å². The summed E-state index contributed by atoms with van der Waals surface area (Å²) in [6, 6.07) is 0. The van der Waals surface area contributed by atoms with Crippen LogP contribution >= 0.6 is 0 Å². The highest BCUT2D eigenvalue weighted by Gasteiger charge is 2.30. The first-order valence-corrected chi connectivity index (χ1v) is 6.92. The summed E-state index contributed by atoms with van der Waals surface area (Å²) in [6.07, 6.45) is 0.265. The maximum absolute atomic E-state index is 11.5. The first kappa shape index (κ1) is 12.9. The molecule has 1 rings (SSSR count). The Kier molecular flexibility index (Phi) is 4.98. The molecule has 5 nitrogen and oxygen atoms in total. The van der Waals surface area contributed by atoms with Gasteiger partial charge in [0, 0.05) is 19.8 Å². The molecule has 6 heteroatoms. The van der Waals surface area contributed by atoms with Crippen molar-refractivity contribution in [1.29, 1.82) is 0 Å². The van der Waals surface area contributed by atoms with E-state index in [0.717, 1.165) is 0 Å². The van der Waals surface area contributed by atoms with Gasteiger partial charge in [0.1, 0.15) is 0 Å². The second-order valence-electron chi connectivity index (χ2n) is 3.37. The van der Waals surface area contributed by atoms with Gasteiger partial charge < -0.3 is 9.47 Å². The van der Waals surface area contributed by atoms with Gasteiger partial charge in [0.2, 0.25) is 10.0 Å². The molecule has 1 saturated heterocycles. The van der Waals surface area contributed by atoms with Crippen LogP contribution in [0.2, 0.25) is 0 Å². The van der Waals surface area contributed by atoms with Crippen molar-refractivity contribution in [3.8, 4) is 0 Å². The second-order valence-corrected chi connectivity index (χ2v) is 5.46. The number of nitrogens with zero attached hydrogens (tertiary/aromatic N) is 1. The predicted octanol–water partition coefficient (Wildman–Crippen LogP) is 0.421. The van der Waals surface area contributed by atoms with Crippen LogP contribution in [0.5, 0.6) is 0 Å². The smallest absolute Gasteiger partial charge is 0.214 e. The lowest BCUT2D eigenvalue weighted by molar-refractivity contribution is -0.140. The summed E-state index contributed by atoms with van der Waals surface area (Å²) in [6.45, 7) is 5.68. The van der Waals surface area contributed by atoms with E-state index in [-0.39, 0.29) is 5.75 Å². The number of hydrogen-bond acceptors (Lipinski definition) is 4. The molecule has 0 N–H and O–H groups in total. The van der Waals surface area contributed by atoms with Crippen LogP contribution < -0.4 is 0 Å². The van der Waals surface area contributed by atoms with E-state index >= 15 is 0 Å². The van der Waals surface area contributed by atoms with Crippen molar-refractivity contribution in [3.63, 3.8) is 0 Å². The SMILES string of the molecule is CCOC(CN1CCCS1(=O)=O)OCC. The van der Waals surface area contributed by atoms with Crippen LogP contribution in [0.25, 0.3) is 0 Å². The quantitative estimate of drug-likeness (QED) is 0.628. The monoisotopic (exact) mass is 237 g/mol. The third-order valence-electron chi connectivity index (χ3n) is 2.26. The summed E-state index contributed by atoms with van der Waals surface area (Å²) < 4.78 is 35.1. The highest BCUT2D eigenvalue weighted by Crippen LogP contribution is 2.14. The fraction of sp³-hybridized carbons (Fsp3) is 1.00. The fourth-order valence-electron chi connectivity index (χ4n) is 1.59. The highest BCUT2D eigenvalue weighted by atomic mass is 32.2. The zero-order valence-electron chi connectivity index (χ0n) is 9.31. The van der Waals surface area contributed by atoms with Crippen LogP contribution in [0.3, 0.4) is 0 Å². The molecule has 0 aliphatic carbocycles. The molecule has 1 heterocycles. The van der Waals surface area contributed by atoms with Gasteiger partial charge in [0.15, 0.2) is 6.29 Å². The second kappa shape index (κ2) is 5.79. The van der Waals surface area contributed by atoms with Gasteiger partial charge in [-0.25, -0.2) is 8.42 Å². The first-order chi connectivity index (χ1) is 7.10. The Morgan fingerprint density at radius 3 is 2.27 bits per heavy atom. The van der Waals surface area contributed by atoms with Crippen LogP contribution in [0.15, 0.2) is 0 Å². The molecule has 1 fully saturated rings. The lowest BCUT2D eigenvalue weighted by Crippen LogP contribution is -2.36. The fourth-order valence-corrected chi connectivity index (χ4v) is 3.10. The van der Waals surface area contributed by atoms with Gasteiger partial charge in [-0.1, -0.05) is 0 Å². The highest BCUT2D eigenvalue weighted by molar-refractivity contribution is 7.89. The Hall–Kier alpha value is -0.170. The molecule has 0 aromatic heterocycles. The summed E-state index contributed by atoms with van der Waals surface area (Å²) in [4.78, 5) is 0. The van der Waals surface area contributed by atoms with Crippen molar-refractivity contribution < 1.29 is 17.9 Å². The first-order valence-electron chi connectivity index (χ1n) is 5.31. The van der Waals surface area contributed by atoms with Gasteiger partial charge in [-0.05, 0) is 20.3 Å². The van der Waals surface area contributed by atoms with E-state index in [9.17, 15) is 8.42 Å². The van der Waals surface area contributed by atoms with E-state index in [1.807, 2.05) is 13.8 Å². The molecule has 90 valence electrons. The zero-order chi connectivity index (χ0) is 11.3. The van der Waals surface area contributed by atoms with Crippen molar-refractivity contribution in [2.45, 2.75) is 26.6 Å². The van der Waals surface area contributed by atoms with Crippen LogP contribution in [0.4, 0.5) is 0 Å². The molecule has 0 atom stereocenters. The molecule has 0 radical (unpaired) electrons. The minimum atomic E-state index is -3.05. The minimum absolute atomic E-state index is 0.248. The van der Waals surface area contributed by atoms with Gasteiger partial charge in [-0.15, -0.1) is 0 Å². The third kappa shape index (κ3) is 3.71. The largest absolute Gasteiger partial charge is 0.352 e. The van der Waals surface area contributed by atoms with Crippen molar-refractivity contribution in [3.05, 3.63) is 0 Å². The van der Waals surface area contributed by atoms with E-state index in [0.29, 0.717) is 32.7 Å². The van der Waals surface area contributed by atoms with E-state index < -0.39 is 16.3 Å². The van der Waals surface area contributed by atoms with E-state index in [1.165, 1.54) is 4.31 Å². The molecule has 1 aliphatic rings. The van der Waals surface area contributed by atoms with Crippen LogP contribution in [0, 0.1) is 0 Å². The Balaban J connectivity index is 2.50. The number of rotatable bonds is 6. The molecule has 0 bridgehead atoms. The Labute approximate surface area is 91.4 Å².